The first-order valence-electron chi connectivity index (χ1n) is 6.17. The summed E-state index contributed by atoms with van der Waals surface area (Å²) in [6.07, 6.45) is 5.06. The molecule has 4 heteroatoms. The summed E-state index contributed by atoms with van der Waals surface area (Å²) in [5.74, 6) is 0. The topological polar surface area (TPSA) is 29.9 Å². The number of benzene rings is 1. The van der Waals surface area contributed by atoms with Crippen LogP contribution in [0.4, 0.5) is 0 Å². The smallest absolute Gasteiger partial charge is 0.0522 e. The Bertz CT molecular complexity index is 507. The maximum atomic E-state index is 4.33. The van der Waals surface area contributed by atoms with Crippen LogP contribution in [0.5, 0.6) is 0 Å². The molecule has 0 bridgehead atoms. The Hall–Kier alpha value is -0.880. The molecule has 18 heavy (non-hydrogen) atoms. The van der Waals surface area contributed by atoms with Crippen LogP contribution >= 0.6 is 22.6 Å². The van der Waals surface area contributed by atoms with Gasteiger partial charge in [0.15, 0.2) is 0 Å². The summed E-state index contributed by atoms with van der Waals surface area (Å²) in [6, 6.07) is 8.85. The third-order valence-corrected chi connectivity index (χ3v) is 4.06. The van der Waals surface area contributed by atoms with Gasteiger partial charge in [-0.1, -0.05) is 18.2 Å². The highest BCUT2D eigenvalue weighted by Gasteiger charge is 2.13. The van der Waals surface area contributed by atoms with Gasteiger partial charge in [-0.05, 0) is 60.2 Å². The zero-order valence-electron chi connectivity index (χ0n) is 10.7. The lowest BCUT2D eigenvalue weighted by molar-refractivity contribution is 0.588. The van der Waals surface area contributed by atoms with E-state index in [1.807, 2.05) is 17.9 Å². The molecule has 0 spiro atoms. The second kappa shape index (κ2) is 6.33. The largest absolute Gasteiger partial charge is 0.313 e. The molecule has 0 amide bonds. The Balaban J connectivity index is 2.17. The number of nitrogens with one attached hydrogen (secondary N) is 1. The van der Waals surface area contributed by atoms with Crippen LogP contribution < -0.4 is 5.32 Å². The third kappa shape index (κ3) is 3.11. The minimum Gasteiger partial charge on any atom is -0.313 e. The fourth-order valence-electron chi connectivity index (χ4n) is 2.05. The lowest BCUT2D eigenvalue weighted by Crippen LogP contribution is -2.19. The van der Waals surface area contributed by atoms with Crippen LogP contribution in [0, 0.1) is 3.57 Å². The van der Waals surface area contributed by atoms with Gasteiger partial charge in [0.1, 0.15) is 0 Å². The van der Waals surface area contributed by atoms with Crippen molar-refractivity contribution in [2.45, 2.75) is 25.9 Å². The minimum atomic E-state index is 0.340. The number of nitrogens with zero attached hydrogens (tertiary/aromatic N) is 2. The van der Waals surface area contributed by atoms with Crippen LogP contribution in [0.15, 0.2) is 36.7 Å². The standard InChI is InChI=1S/C14H18IN3/c1-3-18-10-11(9-17-18)8-14(16-2)12-6-4-5-7-13(12)15/h4-7,9-10,14,16H,3,8H2,1-2H3. The summed E-state index contributed by atoms with van der Waals surface area (Å²) >= 11 is 2.39. The van der Waals surface area contributed by atoms with Gasteiger partial charge in [0.25, 0.3) is 0 Å². The molecule has 2 rings (SSSR count). The second-order valence-corrected chi connectivity index (χ2v) is 5.43. The number of hydrogen-bond acceptors (Lipinski definition) is 2. The van der Waals surface area contributed by atoms with Crippen molar-refractivity contribution < 1.29 is 0 Å². The van der Waals surface area contributed by atoms with Crippen molar-refractivity contribution >= 4 is 22.6 Å². The van der Waals surface area contributed by atoms with E-state index < -0.39 is 0 Å². The predicted octanol–water partition coefficient (Wildman–Crippen LogP) is 3.01. The number of hydrogen-bond donors (Lipinski definition) is 1. The normalized spacial score (nSPS) is 12.6. The van der Waals surface area contributed by atoms with Crippen LogP contribution in [0.3, 0.4) is 0 Å². The number of halogens is 1. The maximum Gasteiger partial charge on any atom is 0.0522 e. The highest BCUT2D eigenvalue weighted by Crippen LogP contribution is 2.22. The molecule has 0 saturated carbocycles. The fourth-order valence-corrected chi connectivity index (χ4v) is 2.81. The molecule has 0 aliphatic heterocycles. The molecule has 0 aliphatic rings. The van der Waals surface area contributed by atoms with E-state index in [2.05, 4.69) is 70.4 Å². The minimum absolute atomic E-state index is 0.340. The van der Waals surface area contributed by atoms with Gasteiger partial charge in [0, 0.05) is 22.4 Å². The Morgan fingerprint density at radius 1 is 1.39 bits per heavy atom. The summed E-state index contributed by atoms with van der Waals surface area (Å²) in [6.45, 7) is 3.03. The second-order valence-electron chi connectivity index (χ2n) is 4.27. The molecule has 2 aromatic rings. The van der Waals surface area contributed by atoms with E-state index >= 15 is 0 Å². The van der Waals surface area contributed by atoms with E-state index in [1.165, 1.54) is 14.7 Å². The van der Waals surface area contributed by atoms with Gasteiger partial charge in [-0.25, -0.2) is 0 Å². The molecule has 0 saturated heterocycles. The lowest BCUT2D eigenvalue weighted by Gasteiger charge is -2.17. The van der Waals surface area contributed by atoms with Crippen molar-refractivity contribution in [2.24, 2.45) is 0 Å². The van der Waals surface area contributed by atoms with Gasteiger partial charge < -0.3 is 5.32 Å². The highest BCUT2D eigenvalue weighted by molar-refractivity contribution is 14.1. The van der Waals surface area contributed by atoms with Crippen molar-refractivity contribution in [3.63, 3.8) is 0 Å². The molecule has 0 fully saturated rings. The molecule has 1 unspecified atom stereocenters. The molecule has 1 aromatic heterocycles. The lowest BCUT2D eigenvalue weighted by atomic mass is 10.0. The van der Waals surface area contributed by atoms with Gasteiger partial charge in [-0.15, -0.1) is 0 Å². The van der Waals surface area contributed by atoms with Crippen LogP contribution in [0.25, 0.3) is 0 Å². The monoisotopic (exact) mass is 355 g/mol. The van der Waals surface area contributed by atoms with E-state index in [9.17, 15) is 0 Å². The number of aryl methyl sites for hydroxylation is 1. The van der Waals surface area contributed by atoms with Crippen LogP contribution in [-0.4, -0.2) is 16.8 Å². The zero-order chi connectivity index (χ0) is 13.0. The van der Waals surface area contributed by atoms with Gasteiger partial charge in [0.05, 0.1) is 6.20 Å². The Morgan fingerprint density at radius 2 is 2.17 bits per heavy atom. The van der Waals surface area contributed by atoms with Gasteiger partial charge in [0.2, 0.25) is 0 Å². The Labute approximate surface area is 122 Å². The van der Waals surface area contributed by atoms with Gasteiger partial charge in [-0.3, -0.25) is 4.68 Å². The molecule has 0 aliphatic carbocycles. The van der Waals surface area contributed by atoms with Crippen LogP contribution in [0.1, 0.15) is 24.1 Å². The average Bonchev–Trinajstić information content (AvgIpc) is 2.85. The van der Waals surface area contributed by atoms with E-state index in [1.54, 1.807) is 0 Å². The zero-order valence-corrected chi connectivity index (χ0v) is 12.9. The first kappa shape index (κ1) is 13.5. The summed E-state index contributed by atoms with van der Waals surface area (Å²) in [4.78, 5) is 0. The van der Waals surface area contributed by atoms with E-state index in [0.717, 1.165) is 13.0 Å². The summed E-state index contributed by atoms with van der Waals surface area (Å²) < 4.78 is 3.27. The van der Waals surface area contributed by atoms with Crippen molar-refractivity contribution in [1.82, 2.24) is 15.1 Å². The third-order valence-electron chi connectivity index (χ3n) is 3.08. The molecular formula is C14H18IN3. The summed E-state index contributed by atoms with van der Waals surface area (Å²) in [5.41, 5.74) is 2.63. The maximum absolute atomic E-state index is 4.33. The molecule has 1 aromatic carbocycles. The first-order chi connectivity index (χ1) is 8.74. The number of rotatable bonds is 5. The van der Waals surface area contributed by atoms with E-state index in [4.69, 9.17) is 0 Å². The highest BCUT2D eigenvalue weighted by atomic mass is 127. The van der Waals surface area contributed by atoms with Gasteiger partial charge in [-0.2, -0.15) is 5.10 Å². The van der Waals surface area contributed by atoms with E-state index in [-0.39, 0.29) is 0 Å². The Kier molecular flexibility index (Phi) is 4.77. The van der Waals surface area contributed by atoms with Gasteiger partial charge >= 0.3 is 0 Å². The molecule has 0 radical (unpaired) electrons. The molecule has 1 atom stereocenters. The SMILES string of the molecule is CCn1cc(CC(NC)c2ccccc2I)cn1. The first-order valence-corrected chi connectivity index (χ1v) is 7.25. The quantitative estimate of drug-likeness (QED) is 0.836. The molecule has 96 valence electrons. The van der Waals surface area contributed by atoms with Crippen molar-refractivity contribution in [1.29, 1.82) is 0 Å². The number of aromatic nitrogens is 2. The molecule has 3 nitrogen and oxygen atoms in total. The van der Waals surface area contributed by atoms with Crippen molar-refractivity contribution in [3.05, 3.63) is 51.4 Å². The predicted molar refractivity (Wildman–Crippen MR) is 82.6 cm³/mol. The van der Waals surface area contributed by atoms with Crippen LogP contribution in [-0.2, 0) is 13.0 Å². The van der Waals surface area contributed by atoms with Crippen molar-refractivity contribution in [3.8, 4) is 0 Å². The Morgan fingerprint density at radius 3 is 2.78 bits per heavy atom. The molecular weight excluding hydrogens is 337 g/mol. The summed E-state index contributed by atoms with van der Waals surface area (Å²) in [5, 5.41) is 7.72. The van der Waals surface area contributed by atoms with Crippen LogP contribution in [0.2, 0.25) is 0 Å². The molecule has 1 heterocycles. The summed E-state index contributed by atoms with van der Waals surface area (Å²) in [7, 11) is 2.01. The fraction of sp³-hybridized carbons (Fsp3) is 0.357. The van der Waals surface area contributed by atoms with Crippen molar-refractivity contribution in [2.75, 3.05) is 7.05 Å². The number of likely N-dealkylation sites (N-methyl/N-ethyl adjacent to an activating group) is 1. The average molecular weight is 355 g/mol. The van der Waals surface area contributed by atoms with E-state index in [0.29, 0.717) is 6.04 Å². The molecule has 1 N–H and O–H groups in total.